The molecule has 2 fully saturated rings. The third-order valence-corrected chi connectivity index (χ3v) is 11.3. The third-order valence-electron chi connectivity index (χ3n) is 6.83. The molecule has 0 aromatic heterocycles. The highest BCUT2D eigenvalue weighted by Gasteiger charge is 2.50. The summed E-state index contributed by atoms with van der Waals surface area (Å²) in [6.45, 7) is 11.7. The highest BCUT2D eigenvalue weighted by molar-refractivity contribution is 6.74. The molecule has 1 aromatic rings. The summed E-state index contributed by atoms with van der Waals surface area (Å²) in [6, 6.07) is 9.14. The van der Waals surface area contributed by atoms with Crippen LogP contribution in [-0.2, 0) is 14.0 Å². The molecule has 2 aliphatic carbocycles. The second kappa shape index (κ2) is 7.51. The smallest absolute Gasteiger partial charge is 0.338 e. The van der Waals surface area contributed by atoms with Crippen LogP contribution in [0, 0.1) is 17.8 Å². The molecule has 1 unspecified atom stereocenters. The highest BCUT2D eigenvalue weighted by atomic mass is 28.4. The van der Waals surface area contributed by atoms with Crippen LogP contribution < -0.4 is 0 Å². The van der Waals surface area contributed by atoms with Crippen LogP contribution in [0.3, 0.4) is 0 Å². The van der Waals surface area contributed by atoms with E-state index < -0.39 is 8.32 Å². The first kappa shape index (κ1) is 20.3. The second-order valence-corrected chi connectivity index (χ2v) is 14.5. The van der Waals surface area contributed by atoms with Crippen LogP contribution in [0.4, 0.5) is 0 Å². The Morgan fingerprint density at radius 1 is 1.15 bits per heavy atom. The Labute approximate surface area is 163 Å². The first-order chi connectivity index (χ1) is 12.6. The van der Waals surface area contributed by atoms with E-state index >= 15 is 0 Å². The van der Waals surface area contributed by atoms with Gasteiger partial charge in [-0.05, 0) is 48.5 Å². The lowest BCUT2D eigenvalue weighted by molar-refractivity contribution is -0.118. The van der Waals surface area contributed by atoms with Crippen LogP contribution in [0.2, 0.25) is 18.1 Å². The normalized spacial score (nSPS) is 28.3. The van der Waals surface area contributed by atoms with E-state index in [1.165, 1.54) is 0 Å². The number of ketones is 1. The Bertz CT molecular complexity index is 692. The van der Waals surface area contributed by atoms with Gasteiger partial charge in [-0.25, -0.2) is 4.79 Å². The van der Waals surface area contributed by atoms with Crippen LogP contribution in [0.25, 0.3) is 0 Å². The predicted molar refractivity (Wildman–Crippen MR) is 108 cm³/mol. The number of carbonyl (C=O) groups excluding carboxylic acids is 2. The summed E-state index contributed by atoms with van der Waals surface area (Å²) in [5.41, 5.74) is 0.578. The molecule has 0 saturated heterocycles. The molecule has 0 N–H and O–H groups in total. The zero-order valence-electron chi connectivity index (χ0n) is 17.2. The highest BCUT2D eigenvalue weighted by Crippen LogP contribution is 2.48. The van der Waals surface area contributed by atoms with E-state index in [2.05, 4.69) is 33.9 Å². The van der Waals surface area contributed by atoms with Gasteiger partial charge in [-0.1, -0.05) is 39.0 Å². The molecule has 0 radical (unpaired) electrons. The van der Waals surface area contributed by atoms with Crippen molar-refractivity contribution in [1.29, 1.82) is 0 Å². The minimum absolute atomic E-state index is 0.114. The Balaban J connectivity index is 1.72. The molecule has 0 spiro atoms. The van der Waals surface area contributed by atoms with E-state index in [0.29, 0.717) is 36.7 Å². The summed E-state index contributed by atoms with van der Waals surface area (Å²) in [5.74, 6) is 0.803. The molecule has 4 atom stereocenters. The molecule has 0 aliphatic heterocycles. The van der Waals surface area contributed by atoms with E-state index in [4.69, 9.17) is 9.16 Å². The van der Waals surface area contributed by atoms with Crippen molar-refractivity contribution in [3.8, 4) is 0 Å². The topological polar surface area (TPSA) is 52.6 Å². The minimum atomic E-state index is -1.89. The Kier molecular flexibility index (Phi) is 5.64. The molecule has 0 heterocycles. The lowest BCUT2D eigenvalue weighted by Gasteiger charge is -2.38. The average Bonchev–Trinajstić information content (AvgIpc) is 3.08. The number of esters is 1. The number of carbonyl (C=O) groups is 2. The van der Waals surface area contributed by atoms with Crippen LogP contribution in [0.1, 0.15) is 50.4 Å². The molecular formula is C22H32O4Si. The second-order valence-electron chi connectivity index (χ2n) is 9.65. The fraction of sp³-hybridized carbons (Fsp3) is 0.636. The molecule has 2 saturated carbocycles. The number of benzene rings is 1. The van der Waals surface area contributed by atoms with E-state index in [-0.39, 0.29) is 28.9 Å². The van der Waals surface area contributed by atoms with Gasteiger partial charge in [0, 0.05) is 25.4 Å². The number of ether oxygens (including phenoxy) is 1. The van der Waals surface area contributed by atoms with Gasteiger partial charge >= 0.3 is 5.97 Å². The number of fused-ring (bicyclic) bond motifs is 1. The fourth-order valence-electron chi connectivity index (χ4n) is 4.13. The standard InChI is InChI=1S/C22H32O4Si/c1-22(2,3)27(4,5)25-14-19-18-13-17(23)11-16(18)12-20(19)26-21(24)15-9-7-6-8-10-15/h6-10,16,18-20H,11-14H2,1-5H3/t16-,18-,19?,20+/m0/s1. The molecule has 1 aromatic carbocycles. The molecule has 4 nitrogen and oxygen atoms in total. The van der Waals surface area contributed by atoms with E-state index in [0.717, 1.165) is 6.42 Å². The summed E-state index contributed by atoms with van der Waals surface area (Å²) in [5, 5.41) is 0.132. The van der Waals surface area contributed by atoms with Crippen molar-refractivity contribution in [3.63, 3.8) is 0 Å². The summed E-state index contributed by atoms with van der Waals surface area (Å²) in [7, 11) is -1.89. The zero-order chi connectivity index (χ0) is 19.8. The zero-order valence-corrected chi connectivity index (χ0v) is 18.2. The van der Waals surface area contributed by atoms with Crippen LogP contribution in [0.5, 0.6) is 0 Å². The van der Waals surface area contributed by atoms with E-state index in [1.54, 1.807) is 12.1 Å². The largest absolute Gasteiger partial charge is 0.458 e. The third kappa shape index (κ3) is 4.35. The first-order valence-electron chi connectivity index (χ1n) is 10.00. The monoisotopic (exact) mass is 388 g/mol. The van der Waals surface area contributed by atoms with Crippen molar-refractivity contribution >= 4 is 20.1 Å². The van der Waals surface area contributed by atoms with Crippen LogP contribution >= 0.6 is 0 Å². The number of hydrogen-bond acceptors (Lipinski definition) is 4. The maximum atomic E-state index is 12.6. The Morgan fingerprint density at radius 3 is 2.44 bits per heavy atom. The summed E-state index contributed by atoms with van der Waals surface area (Å²) >= 11 is 0. The molecule has 3 rings (SSSR count). The molecule has 0 bridgehead atoms. The number of rotatable bonds is 5. The summed E-state index contributed by atoms with van der Waals surface area (Å²) < 4.78 is 12.4. The number of Topliss-reactive ketones (excluding diaryl/α,β-unsaturated/α-hetero) is 1. The van der Waals surface area contributed by atoms with Crippen molar-refractivity contribution in [2.45, 2.75) is 64.3 Å². The SMILES string of the molecule is CC(C)(C)[Si](C)(C)OCC1[C@H]2CC(=O)C[C@H]2C[C@H]1OC(=O)c1ccccc1. The lowest BCUT2D eigenvalue weighted by Crippen LogP contribution is -2.43. The van der Waals surface area contributed by atoms with Gasteiger partial charge in [0.05, 0.1) is 5.56 Å². The van der Waals surface area contributed by atoms with Crippen molar-refractivity contribution in [2.24, 2.45) is 17.8 Å². The molecule has 148 valence electrons. The first-order valence-corrected chi connectivity index (χ1v) is 12.9. The summed E-state index contributed by atoms with van der Waals surface area (Å²) in [6.07, 6.45) is 1.85. The fourth-order valence-corrected chi connectivity index (χ4v) is 5.17. The predicted octanol–water partition coefficient (Wildman–Crippen LogP) is 4.85. The van der Waals surface area contributed by atoms with Crippen LogP contribution in [0.15, 0.2) is 30.3 Å². The van der Waals surface area contributed by atoms with Gasteiger partial charge < -0.3 is 9.16 Å². The molecule has 27 heavy (non-hydrogen) atoms. The minimum Gasteiger partial charge on any atom is -0.458 e. The van der Waals surface area contributed by atoms with Crippen LogP contribution in [-0.4, -0.2) is 32.8 Å². The van der Waals surface area contributed by atoms with Gasteiger partial charge in [0.2, 0.25) is 0 Å². The van der Waals surface area contributed by atoms with Gasteiger partial charge in [-0.3, -0.25) is 4.79 Å². The van der Waals surface area contributed by atoms with Crippen molar-refractivity contribution in [3.05, 3.63) is 35.9 Å². The lowest BCUT2D eigenvalue weighted by atomic mass is 9.92. The van der Waals surface area contributed by atoms with Gasteiger partial charge in [-0.2, -0.15) is 0 Å². The van der Waals surface area contributed by atoms with E-state index in [1.807, 2.05) is 18.2 Å². The van der Waals surface area contributed by atoms with Gasteiger partial charge in [0.25, 0.3) is 0 Å². The Hall–Kier alpha value is -1.46. The van der Waals surface area contributed by atoms with Crippen molar-refractivity contribution in [1.82, 2.24) is 0 Å². The van der Waals surface area contributed by atoms with Gasteiger partial charge in [0.1, 0.15) is 11.9 Å². The van der Waals surface area contributed by atoms with Crippen molar-refractivity contribution in [2.75, 3.05) is 6.61 Å². The molecule has 0 amide bonds. The van der Waals surface area contributed by atoms with Crippen molar-refractivity contribution < 1.29 is 18.8 Å². The maximum absolute atomic E-state index is 12.6. The molecule has 2 aliphatic rings. The summed E-state index contributed by atoms with van der Waals surface area (Å²) in [4.78, 5) is 24.5. The Morgan fingerprint density at radius 2 is 1.81 bits per heavy atom. The number of hydrogen-bond donors (Lipinski definition) is 0. The molecular weight excluding hydrogens is 356 g/mol. The maximum Gasteiger partial charge on any atom is 0.338 e. The van der Waals surface area contributed by atoms with Gasteiger partial charge in [-0.15, -0.1) is 0 Å². The average molecular weight is 389 g/mol. The molecule has 5 heteroatoms. The van der Waals surface area contributed by atoms with Gasteiger partial charge in [0.15, 0.2) is 8.32 Å². The quantitative estimate of drug-likeness (QED) is 0.534. The van der Waals surface area contributed by atoms with E-state index in [9.17, 15) is 9.59 Å².